The van der Waals surface area contributed by atoms with Crippen LogP contribution in [0.2, 0.25) is 0 Å². The van der Waals surface area contributed by atoms with Gasteiger partial charge < -0.3 is 10.2 Å². The van der Waals surface area contributed by atoms with Gasteiger partial charge in [-0.2, -0.15) is 13.2 Å². The monoisotopic (exact) mass is 227 g/mol. The summed E-state index contributed by atoms with van der Waals surface area (Å²) in [6.07, 6.45) is -6.78. The molecule has 0 saturated carbocycles. The molecule has 1 aromatic heterocycles. The predicted molar refractivity (Wildman–Crippen MR) is 40.1 cm³/mol. The van der Waals surface area contributed by atoms with Gasteiger partial charge in [-0.05, 0) is 0 Å². The number of nitrogens with zero attached hydrogens (tertiary/aromatic N) is 1. The van der Waals surface area contributed by atoms with E-state index < -0.39 is 28.1 Å². The first-order valence-electron chi connectivity index (χ1n) is 3.26. The van der Waals surface area contributed by atoms with Crippen LogP contribution in [0.25, 0.3) is 0 Å². The van der Waals surface area contributed by atoms with Crippen LogP contribution < -0.4 is 0 Å². The van der Waals surface area contributed by atoms with E-state index >= 15 is 0 Å². The van der Waals surface area contributed by atoms with Crippen molar-refractivity contribution < 1.29 is 28.2 Å². The number of aliphatic hydroxyl groups excluding tert-OH is 1. The molecule has 0 saturated heterocycles. The molecule has 0 aliphatic rings. The topological polar surface area (TPSA) is 70.4 Å². The summed E-state index contributed by atoms with van der Waals surface area (Å²) in [5.74, 6) is -1.42. The summed E-state index contributed by atoms with van der Waals surface area (Å²) in [5, 5.41) is 16.6. The largest absolute Gasteiger partial charge is 0.476 e. The van der Waals surface area contributed by atoms with E-state index in [4.69, 9.17) is 10.2 Å². The van der Waals surface area contributed by atoms with Crippen LogP contribution in [0.15, 0.2) is 6.20 Å². The Bertz CT molecular complexity index is 348. The maximum Gasteiger partial charge on any atom is 0.419 e. The van der Waals surface area contributed by atoms with Crippen LogP contribution in [-0.4, -0.2) is 27.3 Å². The number of hydrogen-bond donors (Lipinski definition) is 2. The summed E-state index contributed by atoms with van der Waals surface area (Å²) in [7, 11) is 0. The van der Waals surface area contributed by atoms with Crippen LogP contribution in [-0.2, 0) is 0 Å². The standard InChI is InChI=1S/C6H4F3NO3S/c7-6(8,9)3(11)2-1-10-4(14-2)5(12)13/h1,3,11H,(H,12,13). The quantitative estimate of drug-likeness (QED) is 0.801. The number of aromatic nitrogens is 1. The van der Waals surface area contributed by atoms with E-state index in [9.17, 15) is 18.0 Å². The fourth-order valence-electron chi connectivity index (χ4n) is 0.673. The zero-order valence-corrected chi connectivity index (χ0v) is 7.26. The molecule has 0 radical (unpaired) electrons. The molecule has 0 aliphatic carbocycles. The first kappa shape index (κ1) is 10.9. The van der Waals surface area contributed by atoms with Crippen LogP contribution in [0.4, 0.5) is 13.2 Å². The highest BCUT2D eigenvalue weighted by atomic mass is 32.1. The first-order chi connectivity index (χ1) is 6.32. The zero-order valence-electron chi connectivity index (χ0n) is 6.45. The Labute approximate surface area is 79.6 Å². The molecule has 78 valence electrons. The number of carboxylic acid groups (broad SMARTS) is 1. The Morgan fingerprint density at radius 3 is 2.50 bits per heavy atom. The molecule has 0 bridgehead atoms. The summed E-state index contributed by atoms with van der Waals surface area (Å²) < 4.78 is 35.8. The van der Waals surface area contributed by atoms with E-state index in [0.717, 1.165) is 0 Å². The highest BCUT2D eigenvalue weighted by molar-refractivity contribution is 7.13. The van der Waals surface area contributed by atoms with Crippen LogP contribution in [0, 0.1) is 0 Å². The van der Waals surface area contributed by atoms with Gasteiger partial charge >= 0.3 is 12.1 Å². The highest BCUT2D eigenvalue weighted by Gasteiger charge is 2.40. The van der Waals surface area contributed by atoms with Crippen molar-refractivity contribution in [1.82, 2.24) is 4.98 Å². The molecular weight excluding hydrogens is 223 g/mol. The first-order valence-corrected chi connectivity index (χ1v) is 4.08. The number of thiazole rings is 1. The molecule has 0 spiro atoms. The Kier molecular flexibility index (Phi) is 2.76. The lowest BCUT2D eigenvalue weighted by atomic mass is 10.3. The highest BCUT2D eigenvalue weighted by Crippen LogP contribution is 2.34. The molecule has 0 amide bonds. The lowest BCUT2D eigenvalue weighted by molar-refractivity contribution is -0.205. The molecule has 0 aliphatic heterocycles. The normalized spacial score (nSPS) is 14.0. The van der Waals surface area contributed by atoms with Gasteiger partial charge in [0.15, 0.2) is 6.10 Å². The third-order valence-corrected chi connectivity index (χ3v) is 2.32. The average Bonchev–Trinajstić information content (AvgIpc) is 2.48. The van der Waals surface area contributed by atoms with Crippen molar-refractivity contribution in [1.29, 1.82) is 0 Å². The van der Waals surface area contributed by atoms with Crippen molar-refractivity contribution in [3.05, 3.63) is 16.1 Å². The third kappa shape index (κ3) is 2.20. The molecule has 1 heterocycles. The van der Waals surface area contributed by atoms with Crippen LogP contribution in [0.1, 0.15) is 20.8 Å². The van der Waals surface area contributed by atoms with Crippen molar-refractivity contribution in [3.63, 3.8) is 0 Å². The number of carbonyl (C=O) groups is 1. The van der Waals surface area contributed by atoms with Crippen molar-refractivity contribution >= 4 is 17.3 Å². The average molecular weight is 227 g/mol. The fourth-order valence-corrected chi connectivity index (χ4v) is 1.44. The number of alkyl halides is 3. The zero-order chi connectivity index (χ0) is 10.9. The number of carboxylic acids is 1. The van der Waals surface area contributed by atoms with Gasteiger partial charge in [-0.15, -0.1) is 11.3 Å². The molecule has 0 fully saturated rings. The van der Waals surface area contributed by atoms with Crippen molar-refractivity contribution in [3.8, 4) is 0 Å². The minimum Gasteiger partial charge on any atom is -0.476 e. The minimum absolute atomic E-state index is 0.295. The Morgan fingerprint density at radius 1 is 1.57 bits per heavy atom. The lowest BCUT2D eigenvalue weighted by Gasteiger charge is -2.11. The maximum absolute atomic E-state index is 11.9. The molecule has 1 atom stereocenters. The van der Waals surface area contributed by atoms with E-state index in [0.29, 0.717) is 17.5 Å². The van der Waals surface area contributed by atoms with Gasteiger partial charge in [-0.25, -0.2) is 9.78 Å². The van der Waals surface area contributed by atoms with Crippen LogP contribution >= 0.6 is 11.3 Å². The smallest absolute Gasteiger partial charge is 0.419 e. The summed E-state index contributed by atoms with van der Waals surface area (Å²) in [5.41, 5.74) is 0. The molecule has 1 unspecified atom stereocenters. The summed E-state index contributed by atoms with van der Waals surface area (Å²) >= 11 is 0.295. The fraction of sp³-hybridized carbons (Fsp3) is 0.333. The van der Waals surface area contributed by atoms with Crippen LogP contribution in [0.5, 0.6) is 0 Å². The molecule has 0 aromatic carbocycles. The van der Waals surface area contributed by atoms with Gasteiger partial charge in [0.2, 0.25) is 5.01 Å². The summed E-state index contributed by atoms with van der Waals surface area (Å²) in [6.45, 7) is 0. The van der Waals surface area contributed by atoms with E-state index in [1.807, 2.05) is 0 Å². The van der Waals surface area contributed by atoms with Gasteiger partial charge in [-0.1, -0.05) is 0 Å². The summed E-state index contributed by atoms with van der Waals surface area (Å²) in [6, 6.07) is 0. The van der Waals surface area contributed by atoms with Gasteiger partial charge in [0.1, 0.15) is 0 Å². The van der Waals surface area contributed by atoms with Gasteiger partial charge in [0.25, 0.3) is 0 Å². The minimum atomic E-state index is -4.80. The molecule has 4 nitrogen and oxygen atoms in total. The Hall–Kier alpha value is -1.15. The van der Waals surface area contributed by atoms with Crippen molar-refractivity contribution in [2.75, 3.05) is 0 Å². The molecule has 2 N–H and O–H groups in total. The molecular formula is C6H4F3NO3S. The van der Waals surface area contributed by atoms with E-state index in [2.05, 4.69) is 4.98 Å². The van der Waals surface area contributed by atoms with Crippen LogP contribution in [0.3, 0.4) is 0 Å². The second kappa shape index (κ2) is 3.54. The molecule has 14 heavy (non-hydrogen) atoms. The van der Waals surface area contributed by atoms with Gasteiger partial charge in [0, 0.05) is 6.20 Å². The third-order valence-electron chi connectivity index (χ3n) is 1.29. The Balaban J connectivity index is 2.92. The second-order valence-electron chi connectivity index (χ2n) is 2.32. The Morgan fingerprint density at radius 2 is 2.14 bits per heavy atom. The second-order valence-corrected chi connectivity index (χ2v) is 3.38. The predicted octanol–water partition coefficient (Wildman–Crippen LogP) is 1.44. The van der Waals surface area contributed by atoms with Crippen molar-refractivity contribution in [2.45, 2.75) is 12.3 Å². The number of aromatic carboxylic acids is 1. The molecule has 1 rings (SSSR count). The SMILES string of the molecule is O=C(O)c1ncc(C(O)C(F)(F)F)s1. The van der Waals surface area contributed by atoms with E-state index in [1.165, 1.54) is 0 Å². The number of rotatable bonds is 2. The van der Waals surface area contributed by atoms with Gasteiger partial charge in [0.05, 0.1) is 4.88 Å². The maximum atomic E-state index is 11.9. The number of aliphatic hydroxyl groups is 1. The van der Waals surface area contributed by atoms with E-state index in [1.54, 1.807) is 0 Å². The van der Waals surface area contributed by atoms with E-state index in [-0.39, 0.29) is 0 Å². The number of halogens is 3. The lowest BCUT2D eigenvalue weighted by Crippen LogP contribution is -2.19. The van der Waals surface area contributed by atoms with Gasteiger partial charge in [-0.3, -0.25) is 0 Å². The summed E-state index contributed by atoms with van der Waals surface area (Å²) in [4.78, 5) is 12.9. The van der Waals surface area contributed by atoms with Crippen molar-refractivity contribution in [2.24, 2.45) is 0 Å². The number of hydrogen-bond acceptors (Lipinski definition) is 4. The molecule has 1 aromatic rings. The molecule has 8 heteroatoms.